The second-order valence-electron chi connectivity index (χ2n) is 7.56. The first kappa shape index (κ1) is 20.9. The molecule has 0 atom stereocenters. The van der Waals surface area contributed by atoms with E-state index in [1.807, 2.05) is 36.4 Å². The Balaban J connectivity index is 1.29. The molecule has 0 saturated carbocycles. The minimum atomic E-state index is -0.623. The number of aromatic nitrogens is 2. The van der Waals surface area contributed by atoms with Crippen LogP contribution in [0.25, 0.3) is 10.9 Å². The molecular weight excluding hydrogens is 392 g/mol. The SMILES string of the molecule is COc1ccccc1N1CCN(CCCNc2nc(C(N)=O)nc3ccccc23)CC1. The summed E-state index contributed by atoms with van der Waals surface area (Å²) in [6, 6.07) is 15.8. The molecule has 1 aliphatic heterocycles. The first-order valence-corrected chi connectivity index (χ1v) is 10.6. The monoisotopic (exact) mass is 420 g/mol. The van der Waals surface area contributed by atoms with Crippen LogP contribution in [0.15, 0.2) is 48.5 Å². The van der Waals surface area contributed by atoms with Crippen LogP contribution in [0.1, 0.15) is 17.0 Å². The summed E-state index contributed by atoms with van der Waals surface area (Å²) in [6.07, 6.45) is 0.971. The van der Waals surface area contributed by atoms with Crippen molar-refractivity contribution in [2.45, 2.75) is 6.42 Å². The molecule has 1 fully saturated rings. The maximum absolute atomic E-state index is 11.6. The van der Waals surface area contributed by atoms with E-state index in [0.717, 1.165) is 62.5 Å². The highest BCUT2D eigenvalue weighted by Crippen LogP contribution is 2.28. The fourth-order valence-electron chi connectivity index (χ4n) is 3.93. The van der Waals surface area contributed by atoms with E-state index in [-0.39, 0.29) is 5.82 Å². The number of nitrogens with one attached hydrogen (secondary N) is 1. The van der Waals surface area contributed by atoms with E-state index in [9.17, 15) is 4.79 Å². The summed E-state index contributed by atoms with van der Waals surface area (Å²) < 4.78 is 5.50. The van der Waals surface area contributed by atoms with Gasteiger partial charge >= 0.3 is 0 Å². The molecule has 31 heavy (non-hydrogen) atoms. The summed E-state index contributed by atoms with van der Waals surface area (Å²) in [4.78, 5) is 25.0. The van der Waals surface area contributed by atoms with Crippen molar-refractivity contribution in [2.75, 3.05) is 56.6 Å². The summed E-state index contributed by atoms with van der Waals surface area (Å²) in [6.45, 7) is 5.74. The van der Waals surface area contributed by atoms with Gasteiger partial charge in [-0.25, -0.2) is 9.97 Å². The number of methoxy groups -OCH3 is 1. The van der Waals surface area contributed by atoms with Crippen LogP contribution in [-0.4, -0.2) is 67.2 Å². The Hall–Kier alpha value is -3.39. The van der Waals surface area contributed by atoms with Crippen LogP contribution in [0, 0.1) is 0 Å². The lowest BCUT2D eigenvalue weighted by atomic mass is 10.2. The lowest BCUT2D eigenvalue weighted by Gasteiger charge is -2.36. The van der Waals surface area contributed by atoms with E-state index in [2.05, 4.69) is 37.2 Å². The first-order chi connectivity index (χ1) is 15.2. The number of piperazine rings is 1. The van der Waals surface area contributed by atoms with Gasteiger partial charge in [-0.1, -0.05) is 24.3 Å². The molecule has 2 aromatic carbocycles. The second kappa shape index (κ2) is 9.61. The highest BCUT2D eigenvalue weighted by atomic mass is 16.5. The van der Waals surface area contributed by atoms with Crippen LogP contribution in [-0.2, 0) is 0 Å². The second-order valence-corrected chi connectivity index (χ2v) is 7.56. The lowest BCUT2D eigenvalue weighted by molar-refractivity contribution is 0.0991. The van der Waals surface area contributed by atoms with Crippen LogP contribution < -0.4 is 20.7 Å². The number of nitrogens with zero attached hydrogens (tertiary/aromatic N) is 4. The van der Waals surface area contributed by atoms with Gasteiger partial charge in [-0.05, 0) is 37.2 Å². The molecule has 2 heterocycles. The van der Waals surface area contributed by atoms with Gasteiger partial charge in [0.15, 0.2) is 0 Å². The number of hydrogen-bond acceptors (Lipinski definition) is 7. The van der Waals surface area contributed by atoms with Gasteiger partial charge in [-0.15, -0.1) is 0 Å². The summed E-state index contributed by atoms with van der Waals surface area (Å²) in [5.41, 5.74) is 7.26. The van der Waals surface area contributed by atoms with Gasteiger partial charge in [-0.3, -0.25) is 9.69 Å². The summed E-state index contributed by atoms with van der Waals surface area (Å²) in [5, 5.41) is 4.25. The minimum Gasteiger partial charge on any atom is -0.495 e. The average Bonchev–Trinajstić information content (AvgIpc) is 2.82. The van der Waals surface area contributed by atoms with E-state index in [4.69, 9.17) is 10.5 Å². The van der Waals surface area contributed by atoms with Crippen LogP contribution in [0.5, 0.6) is 5.75 Å². The van der Waals surface area contributed by atoms with E-state index >= 15 is 0 Å². The third-order valence-corrected chi connectivity index (χ3v) is 5.57. The Kier molecular flexibility index (Phi) is 6.47. The number of fused-ring (bicyclic) bond motifs is 1. The maximum atomic E-state index is 11.6. The molecule has 1 aromatic heterocycles. The van der Waals surface area contributed by atoms with Gasteiger partial charge in [-0.2, -0.15) is 0 Å². The third kappa shape index (κ3) is 4.86. The maximum Gasteiger partial charge on any atom is 0.286 e. The first-order valence-electron chi connectivity index (χ1n) is 10.6. The van der Waals surface area contributed by atoms with Crippen LogP contribution >= 0.6 is 0 Å². The highest BCUT2D eigenvalue weighted by Gasteiger charge is 2.19. The number of rotatable bonds is 8. The summed E-state index contributed by atoms with van der Waals surface area (Å²) in [7, 11) is 1.72. The summed E-state index contributed by atoms with van der Waals surface area (Å²) >= 11 is 0. The third-order valence-electron chi connectivity index (χ3n) is 5.57. The van der Waals surface area contributed by atoms with Gasteiger partial charge in [0.25, 0.3) is 5.91 Å². The normalized spacial score (nSPS) is 14.5. The van der Waals surface area contributed by atoms with Crippen molar-refractivity contribution in [1.29, 1.82) is 0 Å². The van der Waals surface area contributed by atoms with Crippen LogP contribution in [0.2, 0.25) is 0 Å². The van der Waals surface area contributed by atoms with Crippen molar-refractivity contribution in [3.63, 3.8) is 0 Å². The van der Waals surface area contributed by atoms with Crippen molar-refractivity contribution in [1.82, 2.24) is 14.9 Å². The number of nitrogens with two attached hydrogens (primary N) is 1. The smallest absolute Gasteiger partial charge is 0.286 e. The van der Waals surface area contributed by atoms with Crippen molar-refractivity contribution < 1.29 is 9.53 Å². The molecule has 1 amide bonds. The molecular formula is C23H28N6O2. The number of hydrogen-bond donors (Lipinski definition) is 2. The van der Waals surface area contributed by atoms with E-state index in [0.29, 0.717) is 11.3 Å². The highest BCUT2D eigenvalue weighted by molar-refractivity contribution is 5.95. The van der Waals surface area contributed by atoms with Gasteiger partial charge in [0.1, 0.15) is 11.6 Å². The standard InChI is InChI=1S/C23H28N6O2/c1-31-20-10-5-4-9-19(20)29-15-13-28(14-16-29)12-6-11-25-22-17-7-2-3-8-18(17)26-23(27-22)21(24)30/h2-5,7-10H,6,11-16H2,1H3,(H2,24,30)(H,25,26,27). The molecule has 1 saturated heterocycles. The van der Waals surface area contributed by atoms with Crippen LogP contribution in [0.3, 0.4) is 0 Å². The summed E-state index contributed by atoms with van der Waals surface area (Å²) in [5.74, 6) is 0.989. The van der Waals surface area contributed by atoms with E-state index in [1.54, 1.807) is 7.11 Å². The molecule has 4 rings (SSSR count). The number of primary amides is 1. The molecule has 0 unspecified atom stereocenters. The van der Waals surface area contributed by atoms with Crippen molar-refractivity contribution in [2.24, 2.45) is 5.73 Å². The van der Waals surface area contributed by atoms with Gasteiger partial charge in [0.2, 0.25) is 5.82 Å². The number of amides is 1. The average molecular weight is 421 g/mol. The number of carbonyl (C=O) groups is 1. The molecule has 0 spiro atoms. The molecule has 1 aliphatic rings. The zero-order valence-corrected chi connectivity index (χ0v) is 17.8. The Morgan fingerprint density at radius 1 is 1.06 bits per heavy atom. The molecule has 3 N–H and O–H groups in total. The molecule has 0 bridgehead atoms. The zero-order chi connectivity index (χ0) is 21.6. The zero-order valence-electron chi connectivity index (χ0n) is 17.8. The minimum absolute atomic E-state index is 0.0358. The van der Waals surface area contributed by atoms with E-state index < -0.39 is 5.91 Å². The van der Waals surface area contributed by atoms with E-state index in [1.165, 1.54) is 0 Å². The largest absolute Gasteiger partial charge is 0.495 e. The van der Waals surface area contributed by atoms with Crippen LogP contribution in [0.4, 0.5) is 11.5 Å². The number of ether oxygens (including phenoxy) is 1. The quantitative estimate of drug-likeness (QED) is 0.540. The molecule has 0 radical (unpaired) electrons. The molecule has 8 heteroatoms. The van der Waals surface area contributed by atoms with Crippen molar-refractivity contribution in [3.8, 4) is 5.75 Å². The van der Waals surface area contributed by atoms with Crippen molar-refractivity contribution >= 4 is 28.3 Å². The predicted octanol–water partition coefficient (Wildman–Crippen LogP) is 2.36. The topological polar surface area (TPSA) is 96.6 Å². The lowest BCUT2D eigenvalue weighted by Crippen LogP contribution is -2.46. The Morgan fingerprint density at radius 2 is 1.81 bits per heavy atom. The fourth-order valence-corrected chi connectivity index (χ4v) is 3.93. The van der Waals surface area contributed by atoms with Crippen molar-refractivity contribution in [3.05, 3.63) is 54.4 Å². The van der Waals surface area contributed by atoms with Gasteiger partial charge in [0, 0.05) is 38.1 Å². The Morgan fingerprint density at radius 3 is 2.58 bits per heavy atom. The molecule has 8 nitrogen and oxygen atoms in total. The molecule has 0 aliphatic carbocycles. The fraction of sp³-hybridized carbons (Fsp3) is 0.348. The number of para-hydroxylation sites is 3. The Labute approximate surface area is 182 Å². The number of anilines is 2. The Bertz CT molecular complexity index is 1050. The van der Waals surface area contributed by atoms with Gasteiger partial charge in [0.05, 0.1) is 18.3 Å². The van der Waals surface area contributed by atoms with Gasteiger partial charge < -0.3 is 20.7 Å². The molecule has 3 aromatic rings. The molecule has 162 valence electrons. The number of carbonyl (C=O) groups excluding carboxylic acids is 1. The number of benzene rings is 2. The predicted molar refractivity (Wildman–Crippen MR) is 123 cm³/mol.